The fraction of sp³-hybridized carbons (Fsp3) is 0.107. The Labute approximate surface area is 213 Å². The Hall–Kier alpha value is -4.36. The normalized spacial score (nSPS) is 11.3. The van der Waals surface area contributed by atoms with Crippen LogP contribution in [0.1, 0.15) is 16.7 Å². The first kappa shape index (κ1) is 23.4. The van der Waals surface area contributed by atoms with E-state index in [9.17, 15) is 4.79 Å². The zero-order valence-corrected chi connectivity index (χ0v) is 20.4. The summed E-state index contributed by atoms with van der Waals surface area (Å²) < 4.78 is 13.0. The van der Waals surface area contributed by atoms with Gasteiger partial charge in [0.05, 0.1) is 12.6 Å². The van der Waals surface area contributed by atoms with Gasteiger partial charge in [0.25, 0.3) is 0 Å². The van der Waals surface area contributed by atoms with Gasteiger partial charge < -0.3 is 14.8 Å². The number of pyridine rings is 1. The van der Waals surface area contributed by atoms with Crippen LogP contribution in [0.15, 0.2) is 97.1 Å². The largest absolute Gasteiger partial charge is 0.479 e. The highest BCUT2D eigenvalue weighted by Gasteiger charge is 2.41. The van der Waals surface area contributed by atoms with Crippen LogP contribution in [0.2, 0.25) is 5.15 Å². The summed E-state index contributed by atoms with van der Waals surface area (Å²) in [5.74, 6) is 0.253. The van der Waals surface area contributed by atoms with Crippen LogP contribution in [-0.4, -0.2) is 35.0 Å². The number of hydrogen-bond acceptors (Lipinski definition) is 5. The summed E-state index contributed by atoms with van der Waals surface area (Å²) in [6, 6.07) is 31.9. The van der Waals surface area contributed by atoms with Crippen molar-refractivity contribution < 1.29 is 14.3 Å². The van der Waals surface area contributed by atoms with Crippen LogP contribution < -0.4 is 14.8 Å². The number of rotatable bonds is 6. The standard InChI is InChI=1S/C28H23ClN4O3/c1-30-27(34)36-25-24-22(18-23(29)31-25)33(32-26(24)35-2)28(19-12-6-3-7-13-19,20-14-8-4-9-15-20)21-16-10-5-11-17-21/h3-18H,1-2H3,(H,30,34). The molecule has 0 aliphatic rings. The van der Waals surface area contributed by atoms with Crippen LogP contribution in [0.3, 0.4) is 0 Å². The molecule has 7 nitrogen and oxygen atoms in total. The van der Waals surface area contributed by atoms with Crippen molar-refractivity contribution in [1.29, 1.82) is 0 Å². The molecule has 0 saturated heterocycles. The Kier molecular flexibility index (Phi) is 6.31. The maximum Gasteiger partial charge on any atom is 0.413 e. The summed E-state index contributed by atoms with van der Waals surface area (Å²) in [6.45, 7) is 0. The molecular weight excluding hydrogens is 476 g/mol. The number of carbonyl (C=O) groups is 1. The molecule has 1 amide bonds. The molecule has 0 spiro atoms. The molecule has 8 heteroatoms. The minimum atomic E-state index is -0.923. The minimum Gasteiger partial charge on any atom is -0.479 e. The van der Waals surface area contributed by atoms with Crippen molar-refractivity contribution in [2.24, 2.45) is 0 Å². The SMILES string of the molecule is CNC(=O)Oc1nc(Cl)cc2c1c(OC)nn2C(c1ccccc1)(c1ccccc1)c1ccccc1. The lowest BCUT2D eigenvalue weighted by atomic mass is 9.77. The van der Waals surface area contributed by atoms with Gasteiger partial charge in [-0.1, -0.05) is 103 Å². The first-order chi connectivity index (χ1) is 17.6. The van der Waals surface area contributed by atoms with Crippen LogP contribution in [-0.2, 0) is 5.54 Å². The van der Waals surface area contributed by atoms with E-state index in [1.807, 2.05) is 59.3 Å². The molecule has 1 N–H and O–H groups in total. The number of ether oxygens (including phenoxy) is 2. The van der Waals surface area contributed by atoms with E-state index in [1.54, 1.807) is 6.07 Å². The number of aromatic nitrogens is 3. The smallest absolute Gasteiger partial charge is 0.413 e. The molecule has 5 aromatic rings. The predicted molar refractivity (Wildman–Crippen MR) is 139 cm³/mol. The van der Waals surface area contributed by atoms with Crippen molar-refractivity contribution in [3.63, 3.8) is 0 Å². The summed E-state index contributed by atoms with van der Waals surface area (Å²) in [7, 11) is 2.98. The number of fused-ring (bicyclic) bond motifs is 1. The number of carbonyl (C=O) groups excluding carboxylic acids is 1. The maximum absolute atomic E-state index is 12.1. The lowest BCUT2D eigenvalue weighted by Gasteiger charge is -2.36. The number of benzene rings is 3. The van der Waals surface area contributed by atoms with Crippen LogP contribution in [0, 0.1) is 0 Å². The van der Waals surface area contributed by atoms with E-state index in [1.165, 1.54) is 14.2 Å². The quantitative estimate of drug-likeness (QED) is 0.242. The molecule has 0 saturated carbocycles. The molecule has 0 fully saturated rings. The topological polar surface area (TPSA) is 78.3 Å². The second-order valence-electron chi connectivity index (χ2n) is 8.01. The van der Waals surface area contributed by atoms with E-state index in [-0.39, 0.29) is 16.9 Å². The van der Waals surface area contributed by atoms with E-state index >= 15 is 0 Å². The van der Waals surface area contributed by atoms with E-state index in [0.29, 0.717) is 10.9 Å². The molecule has 0 unspecified atom stereocenters. The molecule has 36 heavy (non-hydrogen) atoms. The minimum absolute atomic E-state index is 0.00281. The van der Waals surface area contributed by atoms with Crippen LogP contribution in [0.4, 0.5) is 4.79 Å². The highest BCUT2D eigenvalue weighted by molar-refractivity contribution is 6.30. The average molecular weight is 499 g/mol. The first-order valence-corrected chi connectivity index (χ1v) is 11.7. The van der Waals surface area contributed by atoms with Gasteiger partial charge in [0.1, 0.15) is 16.1 Å². The summed E-state index contributed by atoms with van der Waals surface area (Å²) in [5, 5.41) is 7.94. The van der Waals surface area contributed by atoms with Crippen molar-refractivity contribution in [3.05, 3.63) is 119 Å². The fourth-order valence-corrected chi connectivity index (χ4v) is 4.74. The summed E-state index contributed by atoms with van der Waals surface area (Å²) in [4.78, 5) is 16.4. The lowest BCUT2D eigenvalue weighted by Crippen LogP contribution is -2.38. The number of nitrogens with zero attached hydrogens (tertiary/aromatic N) is 3. The molecule has 2 heterocycles. The van der Waals surface area contributed by atoms with Gasteiger partial charge in [-0.15, -0.1) is 5.10 Å². The van der Waals surface area contributed by atoms with Gasteiger partial charge in [0.15, 0.2) is 0 Å². The van der Waals surface area contributed by atoms with E-state index in [4.69, 9.17) is 26.2 Å². The summed E-state index contributed by atoms with van der Waals surface area (Å²) >= 11 is 6.46. The van der Waals surface area contributed by atoms with Gasteiger partial charge >= 0.3 is 6.09 Å². The number of hydrogen-bond donors (Lipinski definition) is 1. The highest BCUT2D eigenvalue weighted by Crippen LogP contribution is 2.45. The summed E-state index contributed by atoms with van der Waals surface area (Å²) in [6.07, 6.45) is -0.679. The third-order valence-electron chi connectivity index (χ3n) is 6.05. The second kappa shape index (κ2) is 9.71. The zero-order valence-electron chi connectivity index (χ0n) is 19.7. The van der Waals surface area contributed by atoms with E-state index in [2.05, 4.69) is 46.7 Å². The van der Waals surface area contributed by atoms with Gasteiger partial charge in [0.2, 0.25) is 11.8 Å². The van der Waals surface area contributed by atoms with Crippen LogP contribution >= 0.6 is 11.6 Å². The van der Waals surface area contributed by atoms with Gasteiger partial charge in [0, 0.05) is 13.1 Å². The third-order valence-corrected chi connectivity index (χ3v) is 6.24. The highest BCUT2D eigenvalue weighted by atomic mass is 35.5. The number of nitrogens with one attached hydrogen (secondary N) is 1. The molecular formula is C28H23ClN4O3. The molecule has 0 aliphatic carbocycles. The van der Waals surface area contributed by atoms with Crippen molar-refractivity contribution in [1.82, 2.24) is 20.1 Å². The van der Waals surface area contributed by atoms with E-state index in [0.717, 1.165) is 16.7 Å². The van der Waals surface area contributed by atoms with Gasteiger partial charge in [-0.05, 0) is 16.7 Å². The van der Waals surface area contributed by atoms with Gasteiger partial charge in [-0.25, -0.2) is 14.5 Å². The molecule has 0 aliphatic heterocycles. The molecule has 0 atom stereocenters. The Morgan fingerprint density at radius 3 is 1.81 bits per heavy atom. The molecule has 5 rings (SSSR count). The Balaban J connectivity index is 1.96. The van der Waals surface area contributed by atoms with E-state index < -0.39 is 11.6 Å². The summed E-state index contributed by atoms with van der Waals surface area (Å²) in [5.41, 5.74) is 2.57. The van der Waals surface area contributed by atoms with Crippen molar-refractivity contribution >= 4 is 28.6 Å². The molecule has 0 bridgehead atoms. The Morgan fingerprint density at radius 1 is 0.861 bits per heavy atom. The predicted octanol–water partition coefficient (Wildman–Crippen LogP) is 5.65. The van der Waals surface area contributed by atoms with Crippen LogP contribution in [0.5, 0.6) is 11.8 Å². The van der Waals surface area contributed by atoms with Gasteiger partial charge in [-0.2, -0.15) is 0 Å². The molecule has 2 aromatic heterocycles. The average Bonchev–Trinajstić information content (AvgIpc) is 3.30. The van der Waals surface area contributed by atoms with Gasteiger partial charge in [-0.3, -0.25) is 0 Å². The fourth-order valence-electron chi connectivity index (χ4n) is 4.56. The zero-order chi connectivity index (χ0) is 25.1. The molecule has 180 valence electrons. The molecule has 3 aromatic carbocycles. The third kappa shape index (κ3) is 3.83. The van der Waals surface area contributed by atoms with Crippen LogP contribution in [0.25, 0.3) is 10.9 Å². The van der Waals surface area contributed by atoms with Crippen molar-refractivity contribution in [3.8, 4) is 11.8 Å². The second-order valence-corrected chi connectivity index (χ2v) is 8.40. The maximum atomic E-state index is 12.1. The molecule has 0 radical (unpaired) electrons. The first-order valence-electron chi connectivity index (χ1n) is 11.3. The number of amides is 1. The number of methoxy groups -OCH3 is 1. The van der Waals surface area contributed by atoms with Crippen molar-refractivity contribution in [2.75, 3.05) is 14.2 Å². The monoisotopic (exact) mass is 498 g/mol. The van der Waals surface area contributed by atoms with Crippen molar-refractivity contribution in [2.45, 2.75) is 5.54 Å². The lowest BCUT2D eigenvalue weighted by molar-refractivity contribution is 0.201. The Bertz CT molecular complexity index is 1410. The Morgan fingerprint density at radius 2 is 1.36 bits per heavy atom. The number of halogens is 1.